The first-order valence-electron chi connectivity index (χ1n) is 11.3. The summed E-state index contributed by atoms with van der Waals surface area (Å²) in [6.07, 6.45) is 6.07. The Hall–Kier alpha value is -3.78. The van der Waals surface area contributed by atoms with Crippen molar-refractivity contribution in [2.45, 2.75) is 23.5 Å². The molecule has 1 aliphatic heterocycles. The van der Waals surface area contributed by atoms with E-state index in [1.54, 1.807) is 28.8 Å². The molecule has 1 fully saturated rings. The van der Waals surface area contributed by atoms with E-state index in [1.165, 1.54) is 0 Å². The topological polar surface area (TPSA) is 78.7 Å². The van der Waals surface area contributed by atoms with Crippen LogP contribution >= 0.6 is 11.8 Å². The molecule has 3 heterocycles. The predicted octanol–water partition coefficient (Wildman–Crippen LogP) is 5.51. The molecule has 0 radical (unpaired) electrons. The van der Waals surface area contributed by atoms with Crippen molar-refractivity contribution in [2.24, 2.45) is 0 Å². The van der Waals surface area contributed by atoms with Crippen molar-refractivity contribution < 1.29 is 9.59 Å². The third-order valence-corrected chi connectivity index (χ3v) is 6.77. The van der Waals surface area contributed by atoms with Crippen molar-refractivity contribution in [3.63, 3.8) is 0 Å². The molecule has 5 rings (SSSR count). The Morgan fingerprint density at radius 2 is 1.59 bits per heavy atom. The van der Waals surface area contributed by atoms with Crippen molar-refractivity contribution in [1.29, 1.82) is 0 Å². The number of carbonyl (C=O) groups excluding carboxylic acids is 2. The van der Waals surface area contributed by atoms with Crippen LogP contribution in [0.4, 0.5) is 16.2 Å². The van der Waals surface area contributed by atoms with Gasteiger partial charge in [-0.15, -0.1) is 11.8 Å². The third kappa shape index (κ3) is 5.07. The highest BCUT2D eigenvalue weighted by atomic mass is 32.2. The average molecular weight is 472 g/mol. The van der Waals surface area contributed by atoms with Crippen LogP contribution in [0.25, 0.3) is 5.65 Å². The van der Waals surface area contributed by atoms with E-state index in [0.29, 0.717) is 16.9 Å². The number of fused-ring (bicyclic) bond motifs is 1. The number of urea groups is 1. The van der Waals surface area contributed by atoms with Crippen LogP contribution in [0.5, 0.6) is 0 Å². The summed E-state index contributed by atoms with van der Waals surface area (Å²) in [6, 6.07) is 20.6. The molecule has 172 valence electrons. The van der Waals surface area contributed by atoms with Gasteiger partial charge in [-0.25, -0.2) is 9.78 Å². The van der Waals surface area contributed by atoms with Crippen molar-refractivity contribution >= 4 is 40.7 Å². The van der Waals surface area contributed by atoms with Crippen LogP contribution in [0.1, 0.15) is 28.9 Å². The first-order valence-corrected chi connectivity index (χ1v) is 12.3. The highest BCUT2D eigenvalue weighted by Crippen LogP contribution is 2.25. The zero-order valence-electron chi connectivity index (χ0n) is 18.6. The number of hydrogen-bond donors (Lipinski definition) is 2. The second-order valence-electron chi connectivity index (χ2n) is 8.14. The Morgan fingerprint density at radius 1 is 0.882 bits per heavy atom. The molecule has 1 saturated heterocycles. The summed E-state index contributed by atoms with van der Waals surface area (Å²) in [6.45, 7) is 1.53. The van der Waals surface area contributed by atoms with Crippen LogP contribution in [-0.2, 0) is 5.75 Å². The molecular formula is C26H25N5O2S. The van der Waals surface area contributed by atoms with Crippen molar-refractivity contribution in [3.05, 3.63) is 90.4 Å². The number of rotatable bonds is 6. The van der Waals surface area contributed by atoms with E-state index in [0.717, 1.165) is 47.9 Å². The van der Waals surface area contributed by atoms with Gasteiger partial charge in [0.15, 0.2) is 0 Å². The number of aromatic nitrogens is 2. The smallest absolute Gasteiger partial charge is 0.321 e. The summed E-state index contributed by atoms with van der Waals surface area (Å²) in [7, 11) is 0. The Labute approximate surface area is 202 Å². The molecular weight excluding hydrogens is 446 g/mol. The zero-order valence-corrected chi connectivity index (χ0v) is 19.4. The Balaban J connectivity index is 1.20. The Bertz CT molecular complexity index is 1280. The maximum Gasteiger partial charge on any atom is 0.321 e. The molecule has 34 heavy (non-hydrogen) atoms. The van der Waals surface area contributed by atoms with Crippen LogP contribution < -0.4 is 10.6 Å². The average Bonchev–Trinajstić information content (AvgIpc) is 3.54. The number of pyridine rings is 1. The minimum atomic E-state index is -0.222. The molecule has 0 atom stereocenters. The number of benzene rings is 2. The molecule has 2 aromatic carbocycles. The molecule has 2 N–H and O–H groups in total. The highest BCUT2D eigenvalue weighted by molar-refractivity contribution is 7.98. The maximum atomic E-state index is 12.8. The minimum Gasteiger partial charge on any atom is -0.325 e. The first kappa shape index (κ1) is 22.0. The number of nitrogens with zero attached hydrogens (tertiary/aromatic N) is 3. The lowest BCUT2D eigenvalue weighted by Gasteiger charge is -2.18. The fourth-order valence-electron chi connectivity index (χ4n) is 3.93. The van der Waals surface area contributed by atoms with Gasteiger partial charge < -0.3 is 19.9 Å². The monoisotopic (exact) mass is 471 g/mol. The van der Waals surface area contributed by atoms with Crippen molar-refractivity contribution in [3.8, 4) is 0 Å². The number of imidazole rings is 1. The van der Waals surface area contributed by atoms with Crippen LogP contribution in [0, 0.1) is 0 Å². The van der Waals surface area contributed by atoms with Gasteiger partial charge in [0.05, 0.1) is 17.1 Å². The van der Waals surface area contributed by atoms with E-state index in [9.17, 15) is 9.59 Å². The standard InChI is InChI=1S/C26H25N5O2S/c32-25(28-22-7-1-2-8-23(22)29-26(33)30-14-5-6-15-30)19-10-12-21(13-11-19)34-18-20-17-31-16-4-3-9-24(31)27-20/h1-4,7-13,16-17H,5-6,14-15,18H2,(H,28,32)(H,29,33). The van der Waals surface area contributed by atoms with Crippen LogP contribution in [-0.4, -0.2) is 39.3 Å². The molecule has 3 amide bonds. The number of amides is 3. The molecule has 0 bridgehead atoms. The lowest BCUT2D eigenvalue weighted by atomic mass is 10.2. The van der Waals surface area contributed by atoms with E-state index in [4.69, 9.17) is 0 Å². The molecule has 0 unspecified atom stereocenters. The van der Waals surface area contributed by atoms with Gasteiger partial charge >= 0.3 is 6.03 Å². The van der Waals surface area contributed by atoms with Crippen molar-refractivity contribution in [2.75, 3.05) is 23.7 Å². The molecule has 7 nitrogen and oxygen atoms in total. The fraction of sp³-hybridized carbons (Fsp3) is 0.192. The molecule has 0 aliphatic carbocycles. The van der Waals surface area contributed by atoms with Crippen LogP contribution in [0.15, 0.2) is 84.0 Å². The number of thioether (sulfide) groups is 1. The van der Waals surface area contributed by atoms with Gasteiger partial charge in [0, 0.05) is 41.7 Å². The zero-order chi connectivity index (χ0) is 23.3. The molecule has 8 heteroatoms. The molecule has 0 spiro atoms. The lowest BCUT2D eigenvalue weighted by Crippen LogP contribution is -2.32. The summed E-state index contributed by atoms with van der Waals surface area (Å²) in [4.78, 5) is 32.8. The second kappa shape index (κ2) is 10.0. The maximum absolute atomic E-state index is 12.8. The molecule has 2 aromatic heterocycles. The molecule has 4 aromatic rings. The summed E-state index contributed by atoms with van der Waals surface area (Å²) in [5.74, 6) is 0.525. The van der Waals surface area contributed by atoms with Gasteiger partial charge in [-0.05, 0) is 61.4 Å². The van der Waals surface area contributed by atoms with E-state index >= 15 is 0 Å². The van der Waals surface area contributed by atoms with E-state index in [2.05, 4.69) is 15.6 Å². The molecule has 1 aliphatic rings. The second-order valence-corrected chi connectivity index (χ2v) is 9.18. The normalized spacial score (nSPS) is 13.2. The van der Waals surface area contributed by atoms with Crippen LogP contribution in [0.3, 0.4) is 0 Å². The van der Waals surface area contributed by atoms with E-state index in [1.807, 2.05) is 71.4 Å². The van der Waals surface area contributed by atoms with Crippen LogP contribution in [0.2, 0.25) is 0 Å². The van der Waals surface area contributed by atoms with Gasteiger partial charge in [0.1, 0.15) is 5.65 Å². The van der Waals surface area contributed by atoms with E-state index in [-0.39, 0.29) is 11.9 Å². The van der Waals surface area contributed by atoms with Gasteiger partial charge in [-0.3, -0.25) is 4.79 Å². The lowest BCUT2D eigenvalue weighted by molar-refractivity contribution is 0.102. The number of likely N-dealkylation sites (tertiary alicyclic amines) is 1. The van der Waals surface area contributed by atoms with Crippen molar-refractivity contribution in [1.82, 2.24) is 14.3 Å². The number of para-hydroxylation sites is 2. The minimum absolute atomic E-state index is 0.133. The number of carbonyl (C=O) groups is 2. The highest BCUT2D eigenvalue weighted by Gasteiger charge is 2.19. The summed E-state index contributed by atoms with van der Waals surface area (Å²) in [5.41, 5.74) is 3.66. The fourth-order valence-corrected chi connectivity index (χ4v) is 4.71. The van der Waals surface area contributed by atoms with Gasteiger partial charge in [-0.1, -0.05) is 18.2 Å². The summed E-state index contributed by atoms with van der Waals surface area (Å²) in [5, 5.41) is 5.84. The SMILES string of the molecule is O=C(Nc1ccccc1NC(=O)N1CCCC1)c1ccc(SCc2cn3ccccc3n2)cc1. The van der Waals surface area contributed by atoms with Gasteiger partial charge in [0.25, 0.3) is 5.91 Å². The number of nitrogens with one attached hydrogen (secondary N) is 2. The largest absolute Gasteiger partial charge is 0.325 e. The Morgan fingerprint density at radius 3 is 2.32 bits per heavy atom. The first-order chi connectivity index (χ1) is 16.7. The third-order valence-electron chi connectivity index (χ3n) is 5.73. The molecule has 0 saturated carbocycles. The van der Waals surface area contributed by atoms with E-state index < -0.39 is 0 Å². The quantitative estimate of drug-likeness (QED) is 0.364. The Kier molecular flexibility index (Phi) is 6.49. The predicted molar refractivity (Wildman–Crippen MR) is 135 cm³/mol. The van der Waals surface area contributed by atoms with Gasteiger partial charge in [0.2, 0.25) is 0 Å². The summed E-state index contributed by atoms with van der Waals surface area (Å²) < 4.78 is 2.01. The number of anilines is 2. The number of hydrogen-bond acceptors (Lipinski definition) is 4. The van der Waals surface area contributed by atoms with Gasteiger partial charge in [-0.2, -0.15) is 0 Å². The summed E-state index contributed by atoms with van der Waals surface area (Å²) >= 11 is 1.67.